The first-order valence-electron chi connectivity index (χ1n) is 8.37. The van der Waals surface area contributed by atoms with Crippen molar-refractivity contribution in [3.63, 3.8) is 0 Å². The van der Waals surface area contributed by atoms with Gasteiger partial charge in [0.2, 0.25) is 5.91 Å². The van der Waals surface area contributed by atoms with Crippen LogP contribution in [-0.4, -0.2) is 36.0 Å². The molecule has 2 aromatic carbocycles. The second-order valence-corrected chi connectivity index (χ2v) is 6.92. The van der Waals surface area contributed by atoms with Crippen molar-refractivity contribution in [2.45, 2.75) is 12.6 Å². The predicted octanol–water partition coefficient (Wildman–Crippen LogP) is 3.85. The van der Waals surface area contributed by atoms with Crippen molar-refractivity contribution in [2.75, 3.05) is 20.6 Å². The summed E-state index contributed by atoms with van der Waals surface area (Å²) in [5.41, 5.74) is 1.88. The minimum Gasteiger partial charge on any atom is -0.353 e. The lowest BCUT2D eigenvalue weighted by molar-refractivity contribution is -0.121. The smallest absolute Gasteiger partial charge is 0.240 e. The SMILES string of the molecule is CN(C)C(CNC(=O)Cn1ccc2ccc(Cl)cc21)c1ccc(F)cc1. The number of carbonyl (C=O) groups is 1. The van der Waals surface area contributed by atoms with Crippen molar-refractivity contribution in [3.05, 3.63) is 71.1 Å². The van der Waals surface area contributed by atoms with Gasteiger partial charge in [0.05, 0.1) is 6.04 Å². The first kappa shape index (κ1) is 18.4. The van der Waals surface area contributed by atoms with Crippen LogP contribution in [0, 0.1) is 5.82 Å². The van der Waals surface area contributed by atoms with Crippen LogP contribution in [0.2, 0.25) is 5.02 Å². The standard InChI is InChI=1S/C20H21ClFN3O/c1-24(2)19(14-4-7-17(22)8-5-14)12-23-20(26)13-25-10-9-15-3-6-16(21)11-18(15)25/h3-11,19H,12-13H2,1-2H3,(H,23,26). The van der Waals surface area contributed by atoms with E-state index in [1.165, 1.54) is 12.1 Å². The first-order chi connectivity index (χ1) is 12.4. The van der Waals surface area contributed by atoms with E-state index in [2.05, 4.69) is 5.32 Å². The van der Waals surface area contributed by atoms with Crippen molar-refractivity contribution in [1.29, 1.82) is 0 Å². The minimum absolute atomic E-state index is 0.0320. The van der Waals surface area contributed by atoms with Gasteiger partial charge in [-0.05, 0) is 55.4 Å². The average Bonchev–Trinajstić information content (AvgIpc) is 2.98. The topological polar surface area (TPSA) is 37.3 Å². The third-order valence-corrected chi connectivity index (χ3v) is 4.66. The van der Waals surface area contributed by atoms with Gasteiger partial charge in [-0.3, -0.25) is 4.79 Å². The number of nitrogens with zero attached hydrogens (tertiary/aromatic N) is 2. The Morgan fingerprint density at radius 3 is 2.62 bits per heavy atom. The molecule has 26 heavy (non-hydrogen) atoms. The zero-order chi connectivity index (χ0) is 18.7. The highest BCUT2D eigenvalue weighted by molar-refractivity contribution is 6.31. The van der Waals surface area contributed by atoms with Crippen LogP contribution in [0.5, 0.6) is 0 Å². The molecule has 1 aromatic heterocycles. The van der Waals surface area contributed by atoms with Crippen molar-refractivity contribution in [1.82, 2.24) is 14.8 Å². The van der Waals surface area contributed by atoms with Crippen LogP contribution in [-0.2, 0) is 11.3 Å². The molecule has 1 unspecified atom stereocenters. The number of amides is 1. The molecule has 1 heterocycles. The molecule has 3 rings (SSSR count). The van der Waals surface area contributed by atoms with E-state index in [0.29, 0.717) is 11.6 Å². The van der Waals surface area contributed by atoms with Gasteiger partial charge in [0.1, 0.15) is 12.4 Å². The van der Waals surface area contributed by atoms with Gasteiger partial charge in [0, 0.05) is 23.3 Å². The lowest BCUT2D eigenvalue weighted by atomic mass is 10.1. The van der Waals surface area contributed by atoms with Gasteiger partial charge in [-0.25, -0.2) is 4.39 Å². The number of hydrogen-bond donors (Lipinski definition) is 1. The second kappa shape index (κ2) is 7.89. The van der Waals surface area contributed by atoms with Crippen molar-refractivity contribution >= 4 is 28.4 Å². The molecule has 1 atom stereocenters. The Labute approximate surface area is 157 Å². The lowest BCUT2D eigenvalue weighted by Gasteiger charge is -2.25. The van der Waals surface area contributed by atoms with Crippen molar-refractivity contribution in [2.24, 2.45) is 0 Å². The highest BCUT2D eigenvalue weighted by atomic mass is 35.5. The van der Waals surface area contributed by atoms with E-state index >= 15 is 0 Å². The van der Waals surface area contributed by atoms with E-state index < -0.39 is 0 Å². The normalized spacial score (nSPS) is 12.5. The predicted molar refractivity (Wildman–Crippen MR) is 103 cm³/mol. The highest BCUT2D eigenvalue weighted by Crippen LogP contribution is 2.21. The van der Waals surface area contributed by atoms with Gasteiger partial charge in [-0.2, -0.15) is 0 Å². The minimum atomic E-state index is -0.270. The molecule has 6 heteroatoms. The summed E-state index contributed by atoms with van der Waals surface area (Å²) in [7, 11) is 3.86. The summed E-state index contributed by atoms with van der Waals surface area (Å²) in [5, 5.41) is 4.65. The van der Waals surface area contributed by atoms with Crippen LogP contribution in [0.3, 0.4) is 0 Å². The van der Waals surface area contributed by atoms with E-state index in [1.54, 1.807) is 12.1 Å². The molecule has 0 radical (unpaired) electrons. The fourth-order valence-corrected chi connectivity index (χ4v) is 3.17. The van der Waals surface area contributed by atoms with Crippen LogP contribution in [0.4, 0.5) is 4.39 Å². The van der Waals surface area contributed by atoms with Gasteiger partial charge in [-0.15, -0.1) is 0 Å². The number of carbonyl (C=O) groups excluding carboxylic acids is 1. The van der Waals surface area contributed by atoms with Crippen LogP contribution >= 0.6 is 11.6 Å². The molecule has 4 nitrogen and oxygen atoms in total. The van der Waals surface area contributed by atoms with Crippen LogP contribution in [0.25, 0.3) is 10.9 Å². The zero-order valence-electron chi connectivity index (χ0n) is 14.7. The monoisotopic (exact) mass is 373 g/mol. The average molecular weight is 374 g/mol. The maximum Gasteiger partial charge on any atom is 0.240 e. The Hall–Kier alpha value is -2.37. The second-order valence-electron chi connectivity index (χ2n) is 6.48. The molecule has 0 bridgehead atoms. The largest absolute Gasteiger partial charge is 0.353 e. The Balaban J connectivity index is 1.66. The van der Waals surface area contributed by atoms with E-state index in [9.17, 15) is 9.18 Å². The van der Waals surface area contributed by atoms with Gasteiger partial charge in [0.25, 0.3) is 0 Å². The Bertz CT molecular complexity index is 905. The summed E-state index contributed by atoms with van der Waals surface area (Å²) in [6, 6.07) is 13.9. The Morgan fingerprint density at radius 2 is 1.92 bits per heavy atom. The molecule has 1 N–H and O–H groups in total. The summed E-state index contributed by atoms with van der Waals surface area (Å²) in [5.74, 6) is -0.357. The number of benzene rings is 2. The third-order valence-electron chi connectivity index (χ3n) is 4.42. The van der Waals surface area contributed by atoms with Crippen molar-refractivity contribution in [3.8, 4) is 0 Å². The molecule has 1 amide bonds. The van der Waals surface area contributed by atoms with E-state index in [4.69, 9.17) is 11.6 Å². The molecule has 0 saturated heterocycles. The van der Waals surface area contributed by atoms with Gasteiger partial charge < -0.3 is 14.8 Å². The zero-order valence-corrected chi connectivity index (χ0v) is 15.5. The first-order valence-corrected chi connectivity index (χ1v) is 8.75. The molecule has 0 saturated carbocycles. The van der Waals surface area contributed by atoms with Gasteiger partial charge in [-0.1, -0.05) is 29.8 Å². The summed E-state index contributed by atoms with van der Waals surface area (Å²) in [4.78, 5) is 14.4. The van der Waals surface area contributed by atoms with Crippen LogP contribution in [0.15, 0.2) is 54.7 Å². The summed E-state index contributed by atoms with van der Waals surface area (Å²) in [6.07, 6.45) is 1.88. The number of hydrogen-bond acceptors (Lipinski definition) is 2. The molecule has 0 aliphatic carbocycles. The van der Waals surface area contributed by atoms with Crippen molar-refractivity contribution < 1.29 is 9.18 Å². The molecule has 136 valence electrons. The van der Waals surface area contributed by atoms with Gasteiger partial charge in [0.15, 0.2) is 0 Å². The molecular formula is C20H21ClFN3O. The fraction of sp³-hybridized carbons (Fsp3) is 0.250. The number of likely N-dealkylation sites (N-methyl/N-ethyl adjacent to an activating group) is 1. The third kappa shape index (κ3) is 4.23. The number of rotatable bonds is 6. The Morgan fingerprint density at radius 1 is 1.19 bits per heavy atom. The highest BCUT2D eigenvalue weighted by Gasteiger charge is 2.16. The van der Waals surface area contributed by atoms with Crippen LogP contribution in [0.1, 0.15) is 11.6 Å². The number of fused-ring (bicyclic) bond motifs is 1. The maximum atomic E-state index is 13.1. The molecule has 0 spiro atoms. The lowest BCUT2D eigenvalue weighted by Crippen LogP contribution is -2.36. The summed E-state index contributed by atoms with van der Waals surface area (Å²) in [6.45, 7) is 0.658. The quantitative estimate of drug-likeness (QED) is 0.712. The molecule has 0 aliphatic heterocycles. The van der Waals surface area contributed by atoms with Crippen LogP contribution < -0.4 is 5.32 Å². The number of aromatic nitrogens is 1. The van der Waals surface area contributed by atoms with E-state index in [1.807, 2.05) is 54.0 Å². The molecule has 3 aromatic rings. The fourth-order valence-electron chi connectivity index (χ4n) is 3.00. The Kier molecular flexibility index (Phi) is 5.59. The molecule has 0 aliphatic rings. The van der Waals surface area contributed by atoms with E-state index in [0.717, 1.165) is 16.5 Å². The maximum absolute atomic E-state index is 13.1. The number of nitrogens with one attached hydrogen (secondary N) is 1. The molecule has 0 fully saturated rings. The summed E-state index contributed by atoms with van der Waals surface area (Å²) >= 11 is 6.05. The molecular weight excluding hydrogens is 353 g/mol. The van der Waals surface area contributed by atoms with E-state index in [-0.39, 0.29) is 24.3 Å². The summed E-state index contributed by atoms with van der Waals surface area (Å²) < 4.78 is 15.0. The van der Waals surface area contributed by atoms with Gasteiger partial charge >= 0.3 is 0 Å². The number of halogens is 2.